The lowest BCUT2D eigenvalue weighted by Gasteiger charge is -2.37. The Balaban J connectivity index is 1.94. The highest BCUT2D eigenvalue weighted by molar-refractivity contribution is 8.02. The molecule has 0 radical (unpaired) electrons. The number of esters is 1. The van der Waals surface area contributed by atoms with E-state index in [1.54, 1.807) is 28.8 Å². The van der Waals surface area contributed by atoms with Crippen LogP contribution in [0.4, 0.5) is 0 Å². The first kappa shape index (κ1) is 27.8. The molecule has 0 aliphatic carbocycles. The molecule has 2 amide bonds. The van der Waals surface area contributed by atoms with Crippen molar-refractivity contribution in [2.24, 2.45) is 11.8 Å². The van der Waals surface area contributed by atoms with E-state index < -0.39 is 27.4 Å². The molecule has 3 saturated heterocycles. The van der Waals surface area contributed by atoms with Gasteiger partial charge in [0.2, 0.25) is 11.8 Å². The van der Waals surface area contributed by atoms with Gasteiger partial charge in [0, 0.05) is 31.0 Å². The van der Waals surface area contributed by atoms with E-state index in [-0.39, 0.29) is 24.4 Å². The average molecular weight is 507 g/mol. The number of likely N-dealkylation sites (tertiary alicyclic amines) is 1. The number of carbonyl (C=O) groups is 3. The van der Waals surface area contributed by atoms with Crippen molar-refractivity contribution in [2.75, 3.05) is 32.8 Å². The summed E-state index contributed by atoms with van der Waals surface area (Å²) < 4.78 is 4.61. The Labute approximate surface area is 214 Å². The fraction of sp³-hybridized carbons (Fsp3) is 0.741. The first-order valence-electron chi connectivity index (χ1n) is 13.1. The van der Waals surface area contributed by atoms with Gasteiger partial charge in [-0.3, -0.25) is 14.4 Å². The van der Waals surface area contributed by atoms with Gasteiger partial charge in [-0.25, -0.2) is 0 Å². The van der Waals surface area contributed by atoms with Gasteiger partial charge < -0.3 is 19.6 Å². The number of ether oxygens (including phenoxy) is 1. The number of amides is 2. The standard InChI is InChI=1S/C27H42N2O5S/c1-5-8-12-19-34-25(33)21-20-23(31)29(17-10-11-18-30)22(27(20)14-13-26(21,4)35-27)24(32)28(15-7-3)16-9-6-2/h5,7,20-22,30H,1,3,6,8-19H2,2,4H3/t20-,21+,22?,26-,27?/m0/s1. The Morgan fingerprint density at radius 2 is 2.00 bits per heavy atom. The largest absolute Gasteiger partial charge is 0.465 e. The molecule has 3 aliphatic rings. The Hall–Kier alpha value is -1.80. The maximum Gasteiger partial charge on any atom is 0.311 e. The molecule has 3 aliphatic heterocycles. The number of unbranched alkanes of at least 4 members (excludes halogenated alkanes) is 3. The predicted molar refractivity (Wildman–Crippen MR) is 139 cm³/mol. The molecule has 3 heterocycles. The van der Waals surface area contributed by atoms with Gasteiger partial charge in [0.15, 0.2) is 0 Å². The van der Waals surface area contributed by atoms with E-state index in [2.05, 4.69) is 27.0 Å². The van der Waals surface area contributed by atoms with Crippen LogP contribution in [0.3, 0.4) is 0 Å². The number of hydrogen-bond donors (Lipinski definition) is 1. The monoisotopic (exact) mass is 506 g/mol. The molecule has 196 valence electrons. The number of carbonyl (C=O) groups excluding carboxylic acids is 3. The van der Waals surface area contributed by atoms with Crippen LogP contribution in [-0.4, -0.2) is 81.1 Å². The van der Waals surface area contributed by atoms with Crippen LogP contribution in [0, 0.1) is 11.8 Å². The third-order valence-electron chi connectivity index (χ3n) is 7.81. The van der Waals surface area contributed by atoms with E-state index in [1.165, 1.54) is 0 Å². The molecule has 0 aromatic heterocycles. The van der Waals surface area contributed by atoms with E-state index in [9.17, 15) is 19.5 Å². The number of aliphatic hydroxyl groups is 1. The van der Waals surface area contributed by atoms with Gasteiger partial charge in [0.05, 0.1) is 23.2 Å². The summed E-state index contributed by atoms with van der Waals surface area (Å²) in [5.74, 6) is -1.59. The molecule has 3 fully saturated rings. The van der Waals surface area contributed by atoms with Crippen molar-refractivity contribution in [3.63, 3.8) is 0 Å². The summed E-state index contributed by atoms with van der Waals surface area (Å²) in [7, 11) is 0. The van der Waals surface area contributed by atoms with Crippen molar-refractivity contribution in [1.82, 2.24) is 9.80 Å². The smallest absolute Gasteiger partial charge is 0.311 e. The van der Waals surface area contributed by atoms with Crippen LogP contribution >= 0.6 is 11.8 Å². The quantitative estimate of drug-likeness (QED) is 0.208. The number of thioether (sulfide) groups is 1. The van der Waals surface area contributed by atoms with E-state index in [4.69, 9.17) is 4.74 Å². The van der Waals surface area contributed by atoms with Crippen molar-refractivity contribution >= 4 is 29.5 Å². The molecule has 5 atom stereocenters. The van der Waals surface area contributed by atoms with E-state index >= 15 is 0 Å². The molecule has 0 saturated carbocycles. The maximum atomic E-state index is 14.1. The fourth-order valence-corrected chi connectivity index (χ4v) is 8.50. The molecule has 2 unspecified atom stereocenters. The summed E-state index contributed by atoms with van der Waals surface area (Å²) in [4.78, 5) is 44.9. The Morgan fingerprint density at radius 3 is 2.66 bits per heavy atom. The van der Waals surface area contributed by atoms with Crippen LogP contribution in [0.1, 0.15) is 65.2 Å². The number of hydrogen-bond acceptors (Lipinski definition) is 6. The van der Waals surface area contributed by atoms with Crippen molar-refractivity contribution in [2.45, 2.75) is 80.7 Å². The number of allylic oxidation sites excluding steroid dienone is 1. The molecule has 0 aromatic carbocycles. The zero-order valence-electron chi connectivity index (χ0n) is 21.4. The summed E-state index contributed by atoms with van der Waals surface area (Å²) in [5, 5.41) is 9.31. The molecular formula is C27H42N2O5S. The normalized spacial score (nSPS) is 30.9. The summed E-state index contributed by atoms with van der Waals surface area (Å²) >= 11 is 1.67. The summed E-state index contributed by atoms with van der Waals surface area (Å²) in [6.07, 6.45) is 9.53. The summed E-state index contributed by atoms with van der Waals surface area (Å²) in [6.45, 7) is 13.5. The topological polar surface area (TPSA) is 87.1 Å². The van der Waals surface area contributed by atoms with Crippen LogP contribution in [0.5, 0.6) is 0 Å². The van der Waals surface area contributed by atoms with Gasteiger partial charge >= 0.3 is 5.97 Å². The molecule has 3 rings (SSSR count). The van der Waals surface area contributed by atoms with Gasteiger partial charge in [0.25, 0.3) is 0 Å². The summed E-state index contributed by atoms with van der Waals surface area (Å²) in [5.41, 5.74) is 0. The molecule has 7 nitrogen and oxygen atoms in total. The van der Waals surface area contributed by atoms with Crippen molar-refractivity contribution < 1.29 is 24.2 Å². The SMILES string of the molecule is C=CCCCOC(=O)[C@H]1[C@H]2C(=O)N(CCCCO)C(C(=O)N(CC=C)CCCC)C23CC[C@]1(C)S3. The molecule has 0 aromatic rings. The van der Waals surface area contributed by atoms with Crippen molar-refractivity contribution in [1.29, 1.82) is 0 Å². The minimum Gasteiger partial charge on any atom is -0.465 e. The lowest BCUT2D eigenvalue weighted by molar-refractivity contribution is -0.155. The molecule has 1 spiro atoms. The first-order chi connectivity index (χ1) is 16.8. The summed E-state index contributed by atoms with van der Waals surface area (Å²) in [6, 6.07) is -0.610. The number of nitrogens with zero attached hydrogens (tertiary/aromatic N) is 2. The molecule has 2 bridgehead atoms. The minimum absolute atomic E-state index is 0.0424. The molecule has 1 N–H and O–H groups in total. The molecule has 35 heavy (non-hydrogen) atoms. The highest BCUT2D eigenvalue weighted by Gasteiger charge is 2.77. The van der Waals surface area contributed by atoms with Gasteiger partial charge in [-0.1, -0.05) is 25.5 Å². The number of aliphatic hydroxyl groups excluding tert-OH is 1. The van der Waals surface area contributed by atoms with Crippen LogP contribution in [-0.2, 0) is 19.1 Å². The van der Waals surface area contributed by atoms with Gasteiger partial charge in [-0.2, -0.15) is 0 Å². The third kappa shape index (κ3) is 5.19. The Kier molecular flexibility index (Phi) is 9.49. The van der Waals surface area contributed by atoms with Crippen LogP contribution in [0.15, 0.2) is 25.3 Å². The van der Waals surface area contributed by atoms with Crippen molar-refractivity contribution in [3.05, 3.63) is 25.3 Å². The van der Waals surface area contributed by atoms with Gasteiger partial charge in [0.1, 0.15) is 6.04 Å². The van der Waals surface area contributed by atoms with E-state index in [0.717, 1.165) is 32.1 Å². The van der Waals surface area contributed by atoms with Crippen LogP contribution in [0.2, 0.25) is 0 Å². The zero-order chi connectivity index (χ0) is 25.6. The number of rotatable bonds is 15. The maximum absolute atomic E-state index is 14.1. The lowest BCUT2D eigenvalue weighted by Crippen LogP contribution is -2.55. The van der Waals surface area contributed by atoms with Crippen LogP contribution in [0.25, 0.3) is 0 Å². The molecule has 8 heteroatoms. The second-order valence-corrected chi connectivity index (χ2v) is 12.1. The van der Waals surface area contributed by atoms with Gasteiger partial charge in [-0.05, 0) is 51.9 Å². The van der Waals surface area contributed by atoms with Crippen molar-refractivity contribution in [3.8, 4) is 0 Å². The Bertz CT molecular complexity index is 819. The Morgan fingerprint density at radius 1 is 1.23 bits per heavy atom. The first-order valence-corrected chi connectivity index (χ1v) is 13.9. The second-order valence-electron chi connectivity index (χ2n) is 10.2. The predicted octanol–water partition coefficient (Wildman–Crippen LogP) is 3.56. The third-order valence-corrected chi connectivity index (χ3v) is 9.80. The zero-order valence-corrected chi connectivity index (χ0v) is 22.2. The minimum atomic E-state index is -0.626. The van der Waals surface area contributed by atoms with E-state index in [1.807, 2.05) is 4.90 Å². The lowest BCUT2D eigenvalue weighted by atomic mass is 9.66. The fourth-order valence-electron chi connectivity index (χ4n) is 6.16. The highest BCUT2D eigenvalue weighted by Crippen LogP contribution is 2.71. The number of fused-ring (bicyclic) bond motifs is 1. The highest BCUT2D eigenvalue weighted by atomic mass is 32.2. The van der Waals surface area contributed by atoms with Crippen LogP contribution < -0.4 is 0 Å². The average Bonchev–Trinajstić information content (AvgIpc) is 3.40. The van der Waals surface area contributed by atoms with Gasteiger partial charge in [-0.15, -0.1) is 24.9 Å². The second kappa shape index (κ2) is 12.0. The van der Waals surface area contributed by atoms with E-state index in [0.29, 0.717) is 45.5 Å². The molecular weight excluding hydrogens is 464 g/mol.